The summed E-state index contributed by atoms with van der Waals surface area (Å²) in [6.07, 6.45) is 1.88. The van der Waals surface area contributed by atoms with Crippen molar-refractivity contribution in [2.24, 2.45) is 5.92 Å². The minimum atomic E-state index is 0.238. The number of hydrogen-bond acceptors (Lipinski definition) is 1. The molecule has 0 radical (unpaired) electrons. The van der Waals surface area contributed by atoms with Gasteiger partial charge in [-0.1, -0.05) is 54.1 Å². The molecule has 0 saturated carbocycles. The molecule has 0 saturated heterocycles. The van der Waals surface area contributed by atoms with E-state index in [0.717, 1.165) is 12.8 Å². The fourth-order valence-electron chi connectivity index (χ4n) is 2.41. The molecule has 2 aromatic rings. The van der Waals surface area contributed by atoms with E-state index in [1.165, 1.54) is 22.3 Å². The lowest BCUT2D eigenvalue weighted by Crippen LogP contribution is -2.13. The fourth-order valence-corrected chi connectivity index (χ4v) is 2.41. The number of hydrogen-bond donors (Lipinski definition) is 1. The largest absolute Gasteiger partial charge is 0.396 e. The van der Waals surface area contributed by atoms with Gasteiger partial charge in [0.25, 0.3) is 0 Å². The monoisotopic (exact) mass is 254 g/mol. The minimum Gasteiger partial charge on any atom is -0.396 e. The van der Waals surface area contributed by atoms with Crippen molar-refractivity contribution in [3.05, 3.63) is 70.8 Å². The van der Waals surface area contributed by atoms with Gasteiger partial charge in [0, 0.05) is 6.61 Å². The molecule has 0 fully saturated rings. The third-order valence-corrected chi connectivity index (χ3v) is 3.67. The Morgan fingerprint density at radius 1 is 0.895 bits per heavy atom. The Kier molecular flexibility index (Phi) is 4.75. The van der Waals surface area contributed by atoms with E-state index in [4.69, 9.17) is 0 Å². The first-order valence-electron chi connectivity index (χ1n) is 6.90. The molecule has 1 N–H and O–H groups in total. The van der Waals surface area contributed by atoms with E-state index in [2.05, 4.69) is 62.4 Å². The first-order chi connectivity index (χ1) is 9.19. The molecule has 100 valence electrons. The average Bonchev–Trinajstić information content (AvgIpc) is 2.43. The highest BCUT2D eigenvalue weighted by molar-refractivity contribution is 5.27. The first-order valence-corrected chi connectivity index (χ1v) is 6.90. The Hall–Kier alpha value is -1.60. The van der Waals surface area contributed by atoms with Gasteiger partial charge in [-0.2, -0.15) is 0 Å². The summed E-state index contributed by atoms with van der Waals surface area (Å²) in [7, 11) is 0. The van der Waals surface area contributed by atoms with Crippen LogP contribution in [0, 0.1) is 19.8 Å². The van der Waals surface area contributed by atoms with Crippen LogP contribution >= 0.6 is 0 Å². The highest BCUT2D eigenvalue weighted by Gasteiger charge is 2.11. The summed E-state index contributed by atoms with van der Waals surface area (Å²) >= 11 is 0. The van der Waals surface area contributed by atoms with Crippen molar-refractivity contribution in [1.29, 1.82) is 0 Å². The lowest BCUT2D eigenvalue weighted by atomic mass is 9.91. The Bertz CT molecular complexity index is 513. The van der Waals surface area contributed by atoms with E-state index < -0.39 is 0 Å². The van der Waals surface area contributed by atoms with Gasteiger partial charge in [0.05, 0.1) is 0 Å². The molecule has 0 bridgehead atoms. The predicted octanol–water partition coefficient (Wildman–Crippen LogP) is 3.70. The Balaban J connectivity index is 2.05. The highest BCUT2D eigenvalue weighted by Crippen LogP contribution is 2.17. The van der Waals surface area contributed by atoms with Crippen LogP contribution in [0.15, 0.2) is 48.5 Å². The van der Waals surface area contributed by atoms with Gasteiger partial charge in [-0.05, 0) is 49.3 Å². The molecule has 2 aromatic carbocycles. The van der Waals surface area contributed by atoms with Gasteiger partial charge in [-0.25, -0.2) is 0 Å². The number of rotatable bonds is 5. The minimum absolute atomic E-state index is 0.238. The van der Waals surface area contributed by atoms with Crippen molar-refractivity contribution in [2.45, 2.75) is 26.7 Å². The molecule has 1 atom stereocenters. The molecule has 0 heterocycles. The molecule has 1 nitrogen and oxygen atoms in total. The molecule has 2 rings (SSSR count). The van der Waals surface area contributed by atoms with Crippen molar-refractivity contribution in [3.8, 4) is 0 Å². The summed E-state index contributed by atoms with van der Waals surface area (Å²) in [5.74, 6) is 0.295. The molecule has 1 unspecified atom stereocenters. The van der Waals surface area contributed by atoms with Crippen LogP contribution < -0.4 is 0 Å². The number of aliphatic hydroxyl groups excluding tert-OH is 1. The summed E-state index contributed by atoms with van der Waals surface area (Å²) in [6.45, 7) is 4.47. The van der Waals surface area contributed by atoms with E-state index in [1.54, 1.807) is 0 Å². The van der Waals surface area contributed by atoms with Crippen LogP contribution in [0.25, 0.3) is 0 Å². The second kappa shape index (κ2) is 6.53. The molecule has 19 heavy (non-hydrogen) atoms. The highest BCUT2D eigenvalue weighted by atomic mass is 16.3. The molecular formula is C18H22O. The maximum Gasteiger partial charge on any atom is 0.0465 e. The number of aryl methyl sites for hydroxylation is 2. The Labute approximate surface area is 115 Å². The van der Waals surface area contributed by atoms with Gasteiger partial charge in [0.1, 0.15) is 0 Å². The molecule has 0 aliphatic heterocycles. The smallest absolute Gasteiger partial charge is 0.0465 e. The molecule has 1 heteroatoms. The maximum atomic E-state index is 9.59. The van der Waals surface area contributed by atoms with Gasteiger partial charge in [0.15, 0.2) is 0 Å². The summed E-state index contributed by atoms with van der Waals surface area (Å²) in [5.41, 5.74) is 5.24. The second-order valence-electron chi connectivity index (χ2n) is 5.37. The van der Waals surface area contributed by atoms with Gasteiger partial charge < -0.3 is 5.11 Å². The second-order valence-corrected chi connectivity index (χ2v) is 5.37. The molecule has 0 aliphatic rings. The summed E-state index contributed by atoms with van der Waals surface area (Å²) in [5, 5.41) is 9.59. The van der Waals surface area contributed by atoms with E-state index in [0.29, 0.717) is 5.92 Å². The van der Waals surface area contributed by atoms with Crippen LogP contribution in [-0.4, -0.2) is 11.7 Å². The van der Waals surface area contributed by atoms with Crippen LogP contribution in [0.3, 0.4) is 0 Å². The third kappa shape index (κ3) is 3.93. The summed E-state index contributed by atoms with van der Waals surface area (Å²) in [4.78, 5) is 0. The summed E-state index contributed by atoms with van der Waals surface area (Å²) in [6, 6.07) is 17.0. The van der Waals surface area contributed by atoms with Crippen molar-refractivity contribution >= 4 is 0 Å². The summed E-state index contributed by atoms with van der Waals surface area (Å²) < 4.78 is 0. The van der Waals surface area contributed by atoms with E-state index in [9.17, 15) is 5.11 Å². The lowest BCUT2D eigenvalue weighted by molar-refractivity contribution is 0.225. The zero-order valence-corrected chi connectivity index (χ0v) is 11.8. The molecule has 0 amide bonds. The van der Waals surface area contributed by atoms with Gasteiger partial charge in [-0.15, -0.1) is 0 Å². The van der Waals surface area contributed by atoms with Gasteiger partial charge >= 0.3 is 0 Å². The Morgan fingerprint density at radius 3 is 2.21 bits per heavy atom. The van der Waals surface area contributed by atoms with Crippen LogP contribution in [0.1, 0.15) is 22.3 Å². The van der Waals surface area contributed by atoms with E-state index >= 15 is 0 Å². The number of aliphatic hydroxyl groups is 1. The van der Waals surface area contributed by atoms with Crippen molar-refractivity contribution in [2.75, 3.05) is 6.61 Å². The van der Waals surface area contributed by atoms with Gasteiger partial charge in [-0.3, -0.25) is 0 Å². The average molecular weight is 254 g/mol. The molecule has 0 aromatic heterocycles. The quantitative estimate of drug-likeness (QED) is 0.862. The third-order valence-electron chi connectivity index (χ3n) is 3.67. The maximum absolute atomic E-state index is 9.59. The Morgan fingerprint density at radius 2 is 1.58 bits per heavy atom. The molecule has 0 spiro atoms. The van der Waals surface area contributed by atoms with E-state index in [-0.39, 0.29) is 6.61 Å². The van der Waals surface area contributed by atoms with Crippen molar-refractivity contribution < 1.29 is 5.11 Å². The van der Waals surface area contributed by atoms with Crippen LogP contribution in [-0.2, 0) is 12.8 Å². The normalized spacial score (nSPS) is 12.4. The topological polar surface area (TPSA) is 20.2 Å². The van der Waals surface area contributed by atoms with E-state index in [1.807, 2.05) is 0 Å². The van der Waals surface area contributed by atoms with Crippen LogP contribution in [0.4, 0.5) is 0 Å². The first kappa shape index (κ1) is 13.8. The molecular weight excluding hydrogens is 232 g/mol. The van der Waals surface area contributed by atoms with Crippen LogP contribution in [0.5, 0.6) is 0 Å². The van der Waals surface area contributed by atoms with Crippen molar-refractivity contribution in [1.82, 2.24) is 0 Å². The molecule has 0 aliphatic carbocycles. The number of benzene rings is 2. The standard InChI is InChI=1S/C18H22O/c1-14-7-9-16(10-8-14)11-17(13-19)12-18-6-4-3-5-15(18)2/h3-10,17,19H,11-13H2,1-2H3. The zero-order valence-electron chi connectivity index (χ0n) is 11.8. The van der Waals surface area contributed by atoms with Gasteiger partial charge in [0.2, 0.25) is 0 Å². The van der Waals surface area contributed by atoms with Crippen LogP contribution in [0.2, 0.25) is 0 Å². The fraction of sp³-hybridized carbons (Fsp3) is 0.333. The predicted molar refractivity (Wildman–Crippen MR) is 80.3 cm³/mol. The lowest BCUT2D eigenvalue weighted by Gasteiger charge is -2.16. The SMILES string of the molecule is Cc1ccc(CC(CO)Cc2ccccc2C)cc1. The van der Waals surface area contributed by atoms with Crippen molar-refractivity contribution in [3.63, 3.8) is 0 Å². The zero-order chi connectivity index (χ0) is 13.7.